The summed E-state index contributed by atoms with van der Waals surface area (Å²) in [5.41, 5.74) is 1.38. The fourth-order valence-electron chi connectivity index (χ4n) is 1.33. The van der Waals surface area contributed by atoms with Gasteiger partial charge in [-0.1, -0.05) is 15.9 Å². The first kappa shape index (κ1) is 13.1. The molecular formula is C10H13BrN2O3. The molecule has 6 heteroatoms. The molecule has 0 bridgehead atoms. The van der Waals surface area contributed by atoms with E-state index in [1.165, 1.54) is 12.3 Å². The summed E-state index contributed by atoms with van der Waals surface area (Å²) in [4.78, 5) is 14.6. The molecule has 0 aliphatic rings. The Labute approximate surface area is 102 Å². The minimum atomic E-state index is -0.389. The average molecular weight is 289 g/mol. The van der Waals surface area contributed by atoms with E-state index >= 15 is 0 Å². The minimum Gasteiger partial charge on any atom is -0.384 e. The van der Waals surface area contributed by atoms with Crippen molar-refractivity contribution in [3.63, 3.8) is 0 Å². The van der Waals surface area contributed by atoms with Crippen LogP contribution >= 0.6 is 15.9 Å². The second kappa shape index (κ2) is 5.91. The van der Waals surface area contributed by atoms with Crippen molar-refractivity contribution in [2.75, 3.05) is 13.7 Å². The molecule has 16 heavy (non-hydrogen) atoms. The Hall–Kier alpha value is -1.01. The number of hydrogen-bond donors (Lipinski definition) is 0. The molecule has 1 heterocycles. The van der Waals surface area contributed by atoms with E-state index in [4.69, 9.17) is 4.74 Å². The van der Waals surface area contributed by atoms with Gasteiger partial charge in [-0.05, 0) is 6.92 Å². The maximum absolute atomic E-state index is 10.7. The standard InChI is InChI=1S/C10H13BrN2O3/c1-7-5-12-9(3-8(11)6-16-2)4-10(7)13(14)15/h4-5,8H,3,6H2,1-2H3. The highest BCUT2D eigenvalue weighted by Gasteiger charge is 2.14. The topological polar surface area (TPSA) is 65.3 Å². The van der Waals surface area contributed by atoms with Crippen LogP contribution < -0.4 is 0 Å². The molecule has 5 nitrogen and oxygen atoms in total. The van der Waals surface area contributed by atoms with E-state index in [2.05, 4.69) is 20.9 Å². The molecule has 0 spiro atoms. The molecule has 0 fully saturated rings. The van der Waals surface area contributed by atoms with Crippen LogP contribution in [0.4, 0.5) is 5.69 Å². The fourth-order valence-corrected chi connectivity index (χ4v) is 1.93. The predicted molar refractivity (Wildman–Crippen MR) is 63.9 cm³/mol. The first-order valence-corrected chi connectivity index (χ1v) is 5.69. The molecule has 0 saturated heterocycles. The number of aryl methyl sites for hydroxylation is 1. The summed E-state index contributed by atoms with van der Waals surface area (Å²) in [6, 6.07) is 1.51. The van der Waals surface area contributed by atoms with Crippen LogP contribution in [0.15, 0.2) is 12.3 Å². The Morgan fingerprint density at radius 2 is 2.38 bits per heavy atom. The monoisotopic (exact) mass is 288 g/mol. The van der Waals surface area contributed by atoms with Crippen molar-refractivity contribution in [3.05, 3.63) is 33.6 Å². The first-order valence-electron chi connectivity index (χ1n) is 4.77. The molecule has 1 atom stereocenters. The number of halogens is 1. The summed E-state index contributed by atoms with van der Waals surface area (Å²) >= 11 is 3.42. The van der Waals surface area contributed by atoms with Crippen molar-refractivity contribution in [3.8, 4) is 0 Å². The second-order valence-corrected chi connectivity index (χ2v) is 4.77. The Morgan fingerprint density at radius 1 is 1.69 bits per heavy atom. The third-order valence-corrected chi connectivity index (χ3v) is 2.69. The van der Waals surface area contributed by atoms with E-state index in [1.54, 1.807) is 14.0 Å². The third kappa shape index (κ3) is 3.53. The van der Waals surface area contributed by atoms with Crippen molar-refractivity contribution < 1.29 is 9.66 Å². The number of nitrogens with zero attached hydrogens (tertiary/aromatic N) is 2. The molecule has 0 amide bonds. The summed E-state index contributed by atoms with van der Waals surface area (Å²) < 4.78 is 4.97. The van der Waals surface area contributed by atoms with Crippen LogP contribution in [-0.2, 0) is 11.2 Å². The first-order chi connectivity index (χ1) is 7.54. The summed E-state index contributed by atoms with van der Waals surface area (Å²) in [5, 5.41) is 10.7. The van der Waals surface area contributed by atoms with Gasteiger partial charge in [0, 0.05) is 41.9 Å². The maximum Gasteiger partial charge on any atom is 0.275 e. The van der Waals surface area contributed by atoms with Gasteiger partial charge in [-0.25, -0.2) is 0 Å². The van der Waals surface area contributed by atoms with Crippen molar-refractivity contribution in [1.82, 2.24) is 4.98 Å². The van der Waals surface area contributed by atoms with Gasteiger partial charge in [0.1, 0.15) is 0 Å². The van der Waals surface area contributed by atoms with E-state index in [-0.39, 0.29) is 15.4 Å². The molecule has 1 aromatic heterocycles. The Morgan fingerprint density at radius 3 is 2.94 bits per heavy atom. The highest BCUT2D eigenvalue weighted by Crippen LogP contribution is 2.19. The van der Waals surface area contributed by atoms with Gasteiger partial charge in [0.2, 0.25) is 0 Å². The zero-order valence-corrected chi connectivity index (χ0v) is 10.7. The zero-order valence-electron chi connectivity index (χ0n) is 9.14. The van der Waals surface area contributed by atoms with Gasteiger partial charge in [-0.2, -0.15) is 0 Å². The molecule has 1 rings (SSSR count). The van der Waals surface area contributed by atoms with Crippen LogP contribution in [0.25, 0.3) is 0 Å². The molecule has 88 valence electrons. The van der Waals surface area contributed by atoms with Gasteiger partial charge >= 0.3 is 0 Å². The Bertz CT molecular complexity index is 384. The van der Waals surface area contributed by atoms with E-state index in [9.17, 15) is 10.1 Å². The lowest BCUT2D eigenvalue weighted by Crippen LogP contribution is -2.11. The van der Waals surface area contributed by atoms with Gasteiger partial charge in [-0.15, -0.1) is 0 Å². The van der Waals surface area contributed by atoms with Crippen molar-refractivity contribution in [1.29, 1.82) is 0 Å². The average Bonchev–Trinajstić information content (AvgIpc) is 2.21. The number of hydrogen-bond acceptors (Lipinski definition) is 4. The van der Waals surface area contributed by atoms with Crippen molar-refractivity contribution >= 4 is 21.6 Å². The highest BCUT2D eigenvalue weighted by atomic mass is 79.9. The third-order valence-electron chi connectivity index (χ3n) is 2.11. The molecule has 0 aromatic carbocycles. The van der Waals surface area contributed by atoms with Gasteiger partial charge in [0.05, 0.1) is 11.5 Å². The van der Waals surface area contributed by atoms with E-state index in [0.29, 0.717) is 24.3 Å². The van der Waals surface area contributed by atoms with Gasteiger partial charge in [0.25, 0.3) is 5.69 Å². The molecule has 0 N–H and O–H groups in total. The number of rotatable bonds is 5. The largest absolute Gasteiger partial charge is 0.384 e. The van der Waals surface area contributed by atoms with Crippen LogP contribution in [0.3, 0.4) is 0 Å². The van der Waals surface area contributed by atoms with Gasteiger partial charge < -0.3 is 4.74 Å². The Kier molecular flexibility index (Phi) is 4.82. The quantitative estimate of drug-likeness (QED) is 0.474. The van der Waals surface area contributed by atoms with Gasteiger partial charge in [0.15, 0.2) is 0 Å². The number of nitro groups is 1. The summed E-state index contributed by atoms with van der Waals surface area (Å²) in [7, 11) is 1.61. The smallest absolute Gasteiger partial charge is 0.275 e. The number of alkyl halides is 1. The molecule has 1 aromatic rings. The SMILES string of the molecule is COCC(Br)Cc1cc([N+](=O)[O-])c(C)cn1. The molecule has 0 saturated carbocycles. The zero-order chi connectivity index (χ0) is 12.1. The van der Waals surface area contributed by atoms with Crippen LogP contribution in [0.5, 0.6) is 0 Å². The van der Waals surface area contributed by atoms with Crippen LogP contribution in [0, 0.1) is 17.0 Å². The lowest BCUT2D eigenvalue weighted by molar-refractivity contribution is -0.385. The highest BCUT2D eigenvalue weighted by molar-refractivity contribution is 9.09. The van der Waals surface area contributed by atoms with Crippen LogP contribution in [-0.4, -0.2) is 28.5 Å². The van der Waals surface area contributed by atoms with E-state index < -0.39 is 0 Å². The molecule has 0 radical (unpaired) electrons. The number of methoxy groups -OCH3 is 1. The number of pyridine rings is 1. The fraction of sp³-hybridized carbons (Fsp3) is 0.500. The summed E-state index contributed by atoms with van der Waals surface area (Å²) in [6.07, 6.45) is 2.13. The van der Waals surface area contributed by atoms with E-state index in [0.717, 1.165) is 0 Å². The van der Waals surface area contributed by atoms with Crippen molar-refractivity contribution in [2.24, 2.45) is 0 Å². The summed E-state index contributed by atoms with van der Waals surface area (Å²) in [5.74, 6) is 0. The van der Waals surface area contributed by atoms with Gasteiger partial charge in [-0.3, -0.25) is 15.1 Å². The number of ether oxygens (including phenoxy) is 1. The lowest BCUT2D eigenvalue weighted by Gasteiger charge is -2.07. The normalized spacial score (nSPS) is 12.4. The molecule has 0 aliphatic heterocycles. The molecule has 0 aliphatic carbocycles. The molecular weight excluding hydrogens is 276 g/mol. The van der Waals surface area contributed by atoms with Crippen LogP contribution in [0.1, 0.15) is 11.3 Å². The minimum absolute atomic E-state index is 0.113. The van der Waals surface area contributed by atoms with E-state index in [1.807, 2.05) is 0 Å². The summed E-state index contributed by atoms with van der Waals surface area (Å²) in [6.45, 7) is 2.22. The lowest BCUT2D eigenvalue weighted by atomic mass is 10.2. The predicted octanol–water partition coefficient (Wildman–Crippen LogP) is 2.25. The van der Waals surface area contributed by atoms with Crippen LogP contribution in [0.2, 0.25) is 0 Å². The van der Waals surface area contributed by atoms with Crippen molar-refractivity contribution in [2.45, 2.75) is 18.2 Å². The second-order valence-electron chi connectivity index (χ2n) is 3.48. The number of aromatic nitrogens is 1. The maximum atomic E-state index is 10.7. The Balaban J connectivity index is 2.82. The molecule has 1 unspecified atom stereocenters.